The average Bonchev–Trinajstić information content (AvgIpc) is 3.05. The van der Waals surface area contributed by atoms with Crippen molar-refractivity contribution in [1.29, 1.82) is 0 Å². The molecule has 6 nitrogen and oxygen atoms in total. The summed E-state index contributed by atoms with van der Waals surface area (Å²) in [6.07, 6.45) is 1.69. The minimum Gasteiger partial charge on any atom is -0.352 e. The number of nitrogens with zero attached hydrogens (tertiary/aromatic N) is 1. The topological polar surface area (TPSA) is 83.6 Å². The molecule has 1 N–H and O–H groups in total. The van der Waals surface area contributed by atoms with E-state index in [2.05, 4.69) is 5.32 Å². The molecule has 0 spiro atoms. The fourth-order valence-electron chi connectivity index (χ4n) is 4.15. The van der Waals surface area contributed by atoms with E-state index in [1.54, 1.807) is 0 Å². The minimum atomic E-state index is -3.01. The van der Waals surface area contributed by atoms with E-state index in [9.17, 15) is 18.0 Å². The normalized spacial score (nSPS) is 22.3. The third kappa shape index (κ3) is 3.90. The van der Waals surface area contributed by atoms with Crippen LogP contribution in [0.25, 0.3) is 10.8 Å². The van der Waals surface area contributed by atoms with Crippen LogP contribution in [0.4, 0.5) is 0 Å². The van der Waals surface area contributed by atoms with Crippen molar-refractivity contribution in [2.75, 3.05) is 24.6 Å². The SMILES string of the molecule is O=C(N[C@H]1CCS(=O)(=O)C1)C1CCN(C(=O)c2cccc3ccccc23)CC1. The molecular formula is C21H24N2O4S. The van der Waals surface area contributed by atoms with E-state index in [4.69, 9.17) is 0 Å². The van der Waals surface area contributed by atoms with E-state index < -0.39 is 9.84 Å². The lowest BCUT2D eigenvalue weighted by molar-refractivity contribution is -0.126. The molecule has 2 aliphatic rings. The predicted molar refractivity (Wildman–Crippen MR) is 108 cm³/mol. The predicted octanol–water partition coefficient (Wildman–Crippen LogP) is 2.00. The maximum Gasteiger partial charge on any atom is 0.254 e. The number of likely N-dealkylation sites (tertiary alicyclic amines) is 1. The second-order valence-corrected chi connectivity index (χ2v) is 9.93. The van der Waals surface area contributed by atoms with Crippen LogP contribution in [-0.4, -0.2) is 55.8 Å². The zero-order valence-electron chi connectivity index (χ0n) is 15.6. The van der Waals surface area contributed by atoms with Crippen LogP contribution in [0.2, 0.25) is 0 Å². The molecule has 0 unspecified atom stereocenters. The summed E-state index contributed by atoms with van der Waals surface area (Å²) in [5.74, 6) is -0.0654. The first-order valence-electron chi connectivity index (χ1n) is 9.71. The fourth-order valence-corrected chi connectivity index (χ4v) is 5.83. The lowest BCUT2D eigenvalue weighted by Crippen LogP contribution is -2.45. The highest BCUT2D eigenvalue weighted by Gasteiger charge is 2.33. The Morgan fingerprint density at radius 3 is 2.39 bits per heavy atom. The quantitative estimate of drug-likeness (QED) is 0.854. The van der Waals surface area contributed by atoms with Gasteiger partial charge in [0, 0.05) is 30.6 Å². The molecule has 2 saturated heterocycles. The number of hydrogen-bond acceptors (Lipinski definition) is 4. The van der Waals surface area contributed by atoms with Crippen molar-refractivity contribution in [2.24, 2.45) is 5.92 Å². The van der Waals surface area contributed by atoms with E-state index in [1.807, 2.05) is 47.4 Å². The number of nitrogens with one attached hydrogen (secondary N) is 1. The number of carbonyl (C=O) groups excluding carboxylic acids is 2. The van der Waals surface area contributed by atoms with Crippen molar-refractivity contribution in [3.05, 3.63) is 48.0 Å². The smallest absolute Gasteiger partial charge is 0.254 e. The number of hydrogen-bond donors (Lipinski definition) is 1. The zero-order valence-corrected chi connectivity index (χ0v) is 16.5. The van der Waals surface area contributed by atoms with Crippen LogP contribution in [0, 0.1) is 5.92 Å². The molecule has 1 atom stereocenters. The second-order valence-electron chi connectivity index (χ2n) is 7.70. The molecule has 7 heteroatoms. The van der Waals surface area contributed by atoms with Gasteiger partial charge in [0.05, 0.1) is 11.5 Å². The third-order valence-electron chi connectivity index (χ3n) is 5.75. The van der Waals surface area contributed by atoms with Crippen LogP contribution in [-0.2, 0) is 14.6 Å². The monoisotopic (exact) mass is 400 g/mol. The van der Waals surface area contributed by atoms with E-state index in [-0.39, 0.29) is 35.3 Å². The van der Waals surface area contributed by atoms with Gasteiger partial charge in [-0.05, 0) is 36.1 Å². The molecule has 2 heterocycles. The minimum absolute atomic E-state index is 0.00227. The van der Waals surface area contributed by atoms with Crippen molar-refractivity contribution in [2.45, 2.75) is 25.3 Å². The van der Waals surface area contributed by atoms with Crippen LogP contribution in [0.1, 0.15) is 29.6 Å². The Kier molecular flexibility index (Phi) is 5.10. The standard InChI is InChI=1S/C21H24N2O4S/c24-20(22-17-10-13-28(26,27)14-17)16-8-11-23(12-9-16)21(25)19-7-3-5-15-4-1-2-6-18(15)19/h1-7,16-17H,8-14H2,(H,22,24)/t17-/m0/s1. The molecule has 148 valence electrons. The Morgan fingerprint density at radius 1 is 0.964 bits per heavy atom. The summed E-state index contributed by atoms with van der Waals surface area (Å²) in [7, 11) is -3.01. The van der Waals surface area contributed by atoms with Crippen LogP contribution in [0.3, 0.4) is 0 Å². The second kappa shape index (κ2) is 7.54. The largest absolute Gasteiger partial charge is 0.352 e. The maximum absolute atomic E-state index is 13.0. The van der Waals surface area contributed by atoms with E-state index in [1.165, 1.54) is 0 Å². The summed E-state index contributed by atoms with van der Waals surface area (Å²) >= 11 is 0. The number of piperidine rings is 1. The van der Waals surface area contributed by atoms with Gasteiger partial charge in [-0.25, -0.2) is 8.42 Å². The number of amides is 2. The molecule has 2 aromatic rings. The summed E-state index contributed by atoms with van der Waals surface area (Å²) in [5.41, 5.74) is 0.692. The highest BCUT2D eigenvalue weighted by molar-refractivity contribution is 7.91. The van der Waals surface area contributed by atoms with Crippen molar-refractivity contribution in [1.82, 2.24) is 10.2 Å². The lowest BCUT2D eigenvalue weighted by Gasteiger charge is -2.32. The Bertz CT molecular complexity index is 1000. The molecule has 2 aromatic carbocycles. The van der Waals surface area contributed by atoms with Gasteiger partial charge in [0.15, 0.2) is 9.84 Å². The molecule has 0 saturated carbocycles. The van der Waals surface area contributed by atoms with Gasteiger partial charge in [0.25, 0.3) is 5.91 Å². The number of sulfone groups is 1. The third-order valence-corrected chi connectivity index (χ3v) is 7.52. The van der Waals surface area contributed by atoms with E-state index in [0.29, 0.717) is 37.9 Å². The number of benzene rings is 2. The lowest BCUT2D eigenvalue weighted by atomic mass is 9.94. The van der Waals surface area contributed by atoms with Crippen LogP contribution in [0.15, 0.2) is 42.5 Å². The Hall–Kier alpha value is -2.41. The Morgan fingerprint density at radius 2 is 1.68 bits per heavy atom. The van der Waals surface area contributed by atoms with Crippen molar-refractivity contribution in [3.63, 3.8) is 0 Å². The Labute approximate surface area is 164 Å². The summed E-state index contributed by atoms with van der Waals surface area (Å²) in [4.78, 5) is 27.3. The number of fused-ring (bicyclic) bond motifs is 1. The van der Waals surface area contributed by atoms with Crippen molar-refractivity contribution in [3.8, 4) is 0 Å². The van der Waals surface area contributed by atoms with Gasteiger partial charge in [-0.3, -0.25) is 9.59 Å². The van der Waals surface area contributed by atoms with Crippen LogP contribution in [0.5, 0.6) is 0 Å². The van der Waals surface area contributed by atoms with Crippen LogP contribution < -0.4 is 5.32 Å². The first kappa shape index (κ1) is 18.9. The van der Waals surface area contributed by atoms with E-state index in [0.717, 1.165) is 10.8 Å². The average molecular weight is 401 g/mol. The summed E-state index contributed by atoms with van der Waals surface area (Å²) in [6, 6.07) is 13.3. The summed E-state index contributed by atoms with van der Waals surface area (Å²) in [6.45, 7) is 1.06. The molecule has 0 bridgehead atoms. The molecule has 2 amide bonds. The molecular weight excluding hydrogens is 376 g/mol. The van der Waals surface area contributed by atoms with Gasteiger partial charge in [-0.15, -0.1) is 0 Å². The zero-order chi connectivity index (χ0) is 19.7. The Balaban J connectivity index is 1.37. The number of rotatable bonds is 3. The summed E-state index contributed by atoms with van der Waals surface area (Å²) < 4.78 is 23.1. The molecule has 4 rings (SSSR count). The van der Waals surface area contributed by atoms with E-state index >= 15 is 0 Å². The molecule has 0 aromatic heterocycles. The first-order valence-corrected chi connectivity index (χ1v) is 11.5. The highest BCUT2D eigenvalue weighted by Crippen LogP contribution is 2.24. The van der Waals surface area contributed by atoms with Gasteiger partial charge >= 0.3 is 0 Å². The fraction of sp³-hybridized carbons (Fsp3) is 0.429. The molecule has 0 aliphatic carbocycles. The van der Waals surface area contributed by atoms with Crippen LogP contribution >= 0.6 is 0 Å². The van der Waals surface area contributed by atoms with Gasteiger partial charge in [0.2, 0.25) is 5.91 Å². The summed E-state index contributed by atoms with van der Waals surface area (Å²) in [5, 5.41) is 4.86. The molecule has 28 heavy (non-hydrogen) atoms. The van der Waals surface area contributed by atoms with Crippen molar-refractivity contribution >= 4 is 32.4 Å². The number of carbonyl (C=O) groups is 2. The van der Waals surface area contributed by atoms with Gasteiger partial charge < -0.3 is 10.2 Å². The molecule has 0 radical (unpaired) electrons. The molecule has 2 aliphatic heterocycles. The molecule has 2 fully saturated rings. The maximum atomic E-state index is 13.0. The van der Waals surface area contributed by atoms with Gasteiger partial charge in [-0.1, -0.05) is 36.4 Å². The highest BCUT2D eigenvalue weighted by atomic mass is 32.2. The van der Waals surface area contributed by atoms with Gasteiger partial charge in [-0.2, -0.15) is 0 Å². The van der Waals surface area contributed by atoms with Gasteiger partial charge in [0.1, 0.15) is 0 Å². The van der Waals surface area contributed by atoms with Crippen molar-refractivity contribution < 1.29 is 18.0 Å². The first-order chi connectivity index (χ1) is 13.4.